The molecule has 0 aliphatic heterocycles. The number of thiazole rings is 1. The molecule has 0 fully saturated rings. The fraction of sp³-hybridized carbons (Fsp3) is 0.727. The maximum Gasteiger partial charge on any atom is 0.274 e. The molecule has 0 bridgehead atoms. The van der Waals surface area contributed by atoms with Gasteiger partial charge in [0.25, 0.3) is 5.19 Å². The Bertz CT molecular complexity index is 265. The Balaban J connectivity index is 1.93. The second-order valence-electron chi connectivity index (χ2n) is 3.55. The van der Waals surface area contributed by atoms with Crippen LogP contribution >= 0.6 is 27.3 Å². The maximum atomic E-state index is 5.51. The zero-order chi connectivity index (χ0) is 10.9. The van der Waals surface area contributed by atoms with Crippen LogP contribution < -0.4 is 4.74 Å². The molecule has 0 radical (unpaired) electrons. The van der Waals surface area contributed by atoms with Crippen molar-refractivity contribution in [2.75, 3.05) is 6.61 Å². The van der Waals surface area contributed by atoms with Gasteiger partial charge >= 0.3 is 0 Å². The lowest BCUT2D eigenvalue weighted by atomic mass is 10.1. The molecule has 0 aliphatic rings. The van der Waals surface area contributed by atoms with Crippen molar-refractivity contribution in [2.24, 2.45) is 0 Å². The van der Waals surface area contributed by atoms with Crippen LogP contribution in [-0.2, 0) is 0 Å². The topological polar surface area (TPSA) is 22.1 Å². The van der Waals surface area contributed by atoms with E-state index in [0.29, 0.717) is 0 Å². The van der Waals surface area contributed by atoms with Gasteiger partial charge in [0.2, 0.25) is 0 Å². The lowest BCUT2D eigenvalue weighted by Crippen LogP contribution is -1.96. The van der Waals surface area contributed by atoms with E-state index in [1.165, 1.54) is 32.1 Å². The Morgan fingerprint density at radius 3 is 2.67 bits per heavy atom. The largest absolute Gasteiger partial charge is 0.470 e. The summed E-state index contributed by atoms with van der Waals surface area (Å²) in [6, 6.07) is 0. The van der Waals surface area contributed by atoms with Crippen LogP contribution in [0.5, 0.6) is 5.19 Å². The number of aromatic nitrogens is 1. The molecule has 0 N–H and O–H groups in total. The number of hydrogen-bond donors (Lipinski definition) is 0. The molecule has 15 heavy (non-hydrogen) atoms. The maximum absolute atomic E-state index is 5.51. The molecule has 0 aromatic carbocycles. The predicted octanol–water partition coefficient (Wildman–Crippen LogP) is 4.64. The summed E-state index contributed by atoms with van der Waals surface area (Å²) in [6.45, 7) is 3.04. The van der Waals surface area contributed by atoms with E-state index in [2.05, 4.69) is 27.8 Å². The normalized spacial score (nSPS) is 10.5. The molecule has 1 aromatic rings. The first-order chi connectivity index (χ1) is 7.33. The summed E-state index contributed by atoms with van der Waals surface area (Å²) in [4.78, 5) is 4.17. The summed E-state index contributed by atoms with van der Waals surface area (Å²) in [6.07, 6.45) is 7.77. The number of hydrogen-bond acceptors (Lipinski definition) is 3. The summed E-state index contributed by atoms with van der Waals surface area (Å²) < 4.78 is 6.38. The molecule has 4 heteroatoms. The minimum Gasteiger partial charge on any atom is -0.470 e. The van der Waals surface area contributed by atoms with Gasteiger partial charge in [0.1, 0.15) is 4.60 Å². The summed E-state index contributed by atoms with van der Waals surface area (Å²) in [5, 5.41) is 2.71. The van der Waals surface area contributed by atoms with Gasteiger partial charge in [-0.05, 0) is 22.4 Å². The highest BCUT2D eigenvalue weighted by molar-refractivity contribution is 9.10. The van der Waals surface area contributed by atoms with Crippen LogP contribution in [-0.4, -0.2) is 11.6 Å². The summed E-state index contributed by atoms with van der Waals surface area (Å²) >= 11 is 4.84. The van der Waals surface area contributed by atoms with Crippen LogP contribution in [0.2, 0.25) is 0 Å². The third-order valence-electron chi connectivity index (χ3n) is 2.18. The van der Waals surface area contributed by atoms with Gasteiger partial charge in [-0.2, -0.15) is 4.98 Å². The van der Waals surface area contributed by atoms with Crippen LogP contribution in [0.25, 0.3) is 0 Å². The number of rotatable bonds is 8. The third kappa shape index (κ3) is 6.15. The molecule has 0 aliphatic carbocycles. The Labute approximate surface area is 104 Å². The first-order valence-electron chi connectivity index (χ1n) is 5.56. The van der Waals surface area contributed by atoms with Crippen molar-refractivity contribution >= 4 is 27.3 Å². The molecule has 86 valence electrons. The highest BCUT2D eigenvalue weighted by Crippen LogP contribution is 2.21. The Hall–Kier alpha value is -0.0900. The molecule has 0 saturated heterocycles. The summed E-state index contributed by atoms with van der Waals surface area (Å²) in [5.74, 6) is 0. The van der Waals surface area contributed by atoms with Crippen molar-refractivity contribution in [3.8, 4) is 5.19 Å². The number of ether oxygens (including phenoxy) is 1. The van der Waals surface area contributed by atoms with E-state index < -0.39 is 0 Å². The Morgan fingerprint density at radius 1 is 1.27 bits per heavy atom. The van der Waals surface area contributed by atoms with Crippen LogP contribution in [0, 0.1) is 0 Å². The quantitative estimate of drug-likeness (QED) is 0.651. The summed E-state index contributed by atoms with van der Waals surface area (Å²) in [7, 11) is 0. The highest BCUT2D eigenvalue weighted by Gasteiger charge is 1.99. The molecular formula is C11H18BrNOS. The Kier molecular flexibility index (Phi) is 7.01. The fourth-order valence-electron chi connectivity index (χ4n) is 1.35. The first-order valence-corrected chi connectivity index (χ1v) is 7.24. The first kappa shape index (κ1) is 13.0. The minimum absolute atomic E-state index is 0.774. The van der Waals surface area contributed by atoms with Crippen molar-refractivity contribution in [3.63, 3.8) is 0 Å². The van der Waals surface area contributed by atoms with Crippen molar-refractivity contribution in [2.45, 2.75) is 45.4 Å². The van der Waals surface area contributed by atoms with Gasteiger partial charge in [-0.3, -0.25) is 0 Å². The second-order valence-corrected chi connectivity index (χ2v) is 5.19. The number of nitrogens with zero attached hydrogens (tertiary/aromatic N) is 1. The van der Waals surface area contributed by atoms with E-state index >= 15 is 0 Å². The fourth-order valence-corrected chi connectivity index (χ4v) is 2.46. The van der Waals surface area contributed by atoms with Gasteiger partial charge in [-0.15, -0.1) is 0 Å². The molecule has 0 saturated carbocycles. The van der Waals surface area contributed by atoms with Crippen LogP contribution in [0.3, 0.4) is 0 Å². The van der Waals surface area contributed by atoms with Gasteiger partial charge < -0.3 is 4.74 Å². The molecule has 0 atom stereocenters. The van der Waals surface area contributed by atoms with Gasteiger partial charge in [-0.25, -0.2) is 0 Å². The lowest BCUT2D eigenvalue weighted by Gasteiger charge is -2.01. The van der Waals surface area contributed by atoms with Crippen molar-refractivity contribution < 1.29 is 4.74 Å². The third-order valence-corrected chi connectivity index (χ3v) is 3.64. The van der Waals surface area contributed by atoms with Gasteiger partial charge in [0.15, 0.2) is 0 Å². The van der Waals surface area contributed by atoms with Crippen LogP contribution in [0.4, 0.5) is 0 Å². The zero-order valence-corrected chi connectivity index (χ0v) is 11.6. The van der Waals surface area contributed by atoms with Gasteiger partial charge in [0, 0.05) is 5.38 Å². The second kappa shape index (κ2) is 8.11. The zero-order valence-electron chi connectivity index (χ0n) is 9.17. The van der Waals surface area contributed by atoms with E-state index in [1.54, 1.807) is 11.3 Å². The molecule has 0 unspecified atom stereocenters. The van der Waals surface area contributed by atoms with E-state index in [1.807, 2.05) is 5.38 Å². The monoisotopic (exact) mass is 291 g/mol. The smallest absolute Gasteiger partial charge is 0.274 e. The highest BCUT2D eigenvalue weighted by atomic mass is 79.9. The molecular weight excluding hydrogens is 274 g/mol. The average Bonchev–Trinajstić information content (AvgIpc) is 2.63. The van der Waals surface area contributed by atoms with Crippen molar-refractivity contribution in [1.82, 2.24) is 4.98 Å². The predicted molar refractivity (Wildman–Crippen MR) is 68.7 cm³/mol. The molecule has 2 nitrogen and oxygen atoms in total. The van der Waals surface area contributed by atoms with E-state index in [9.17, 15) is 0 Å². The summed E-state index contributed by atoms with van der Waals surface area (Å²) in [5.41, 5.74) is 0. The molecule has 0 spiro atoms. The number of halogens is 1. The molecule has 0 amide bonds. The minimum atomic E-state index is 0.774. The van der Waals surface area contributed by atoms with Crippen LogP contribution in [0.1, 0.15) is 45.4 Å². The lowest BCUT2D eigenvalue weighted by molar-refractivity contribution is 0.302. The Morgan fingerprint density at radius 2 is 2.00 bits per heavy atom. The SMILES string of the molecule is CCCCCCCCOc1nc(Br)cs1. The van der Waals surface area contributed by atoms with E-state index in [0.717, 1.165) is 22.8 Å². The number of unbranched alkanes of at least 4 members (excludes halogenated alkanes) is 5. The molecule has 1 heterocycles. The molecule has 1 rings (SSSR count). The van der Waals surface area contributed by atoms with Crippen molar-refractivity contribution in [1.29, 1.82) is 0 Å². The molecule has 1 aromatic heterocycles. The van der Waals surface area contributed by atoms with E-state index in [-0.39, 0.29) is 0 Å². The average molecular weight is 292 g/mol. The standard InChI is InChI=1S/C11H18BrNOS/c1-2-3-4-5-6-7-8-14-11-13-10(12)9-15-11/h9H,2-8H2,1H3. The van der Waals surface area contributed by atoms with Gasteiger partial charge in [0.05, 0.1) is 6.61 Å². The van der Waals surface area contributed by atoms with Gasteiger partial charge in [-0.1, -0.05) is 50.4 Å². The van der Waals surface area contributed by atoms with Crippen LogP contribution in [0.15, 0.2) is 9.98 Å². The van der Waals surface area contributed by atoms with E-state index in [4.69, 9.17) is 4.74 Å². The van der Waals surface area contributed by atoms with Crippen molar-refractivity contribution in [3.05, 3.63) is 9.98 Å².